The fraction of sp³-hybridized carbons (Fsp3) is 0.346. The van der Waals surface area contributed by atoms with Gasteiger partial charge in [-0.2, -0.15) is 5.10 Å². The summed E-state index contributed by atoms with van der Waals surface area (Å²) >= 11 is 0. The van der Waals surface area contributed by atoms with Crippen LogP contribution in [-0.4, -0.2) is 74.0 Å². The summed E-state index contributed by atoms with van der Waals surface area (Å²) in [5, 5.41) is 15.3. The molecule has 1 aromatic carbocycles. The summed E-state index contributed by atoms with van der Waals surface area (Å²) in [6, 6.07) is 9.19. The third-order valence-electron chi connectivity index (χ3n) is 6.43. The number of ether oxygens (including phenoxy) is 1. The Kier molecular flexibility index (Phi) is 6.16. The number of carbonyl (C=O) groups excluding carboxylic acids is 2. The van der Waals surface area contributed by atoms with E-state index in [1.54, 1.807) is 24.9 Å². The zero-order valence-corrected chi connectivity index (χ0v) is 20.1. The number of benzene rings is 1. The van der Waals surface area contributed by atoms with Crippen molar-refractivity contribution in [2.75, 3.05) is 31.6 Å². The maximum Gasteiger partial charge on any atom is 0.359 e. The first-order chi connectivity index (χ1) is 17.4. The average Bonchev–Trinajstić information content (AvgIpc) is 3.41. The Bertz CT molecular complexity index is 1380. The van der Waals surface area contributed by atoms with Crippen LogP contribution in [-0.2, 0) is 22.5 Å². The Balaban J connectivity index is 1.50. The molecule has 5 rings (SSSR count). The number of aromatic nitrogens is 4. The van der Waals surface area contributed by atoms with Gasteiger partial charge >= 0.3 is 5.97 Å². The highest BCUT2D eigenvalue weighted by atomic mass is 16.5. The largest absolute Gasteiger partial charge is 0.461 e. The normalized spacial score (nSPS) is 19.0. The molecule has 0 bridgehead atoms. The van der Waals surface area contributed by atoms with Gasteiger partial charge in [-0.3, -0.25) is 4.79 Å². The van der Waals surface area contributed by atoms with Gasteiger partial charge in [-0.15, -0.1) is 0 Å². The van der Waals surface area contributed by atoms with Crippen molar-refractivity contribution in [2.24, 2.45) is 0 Å². The molecular weight excluding hydrogens is 460 g/mol. The van der Waals surface area contributed by atoms with Gasteiger partial charge in [0.25, 0.3) is 5.91 Å². The van der Waals surface area contributed by atoms with E-state index in [2.05, 4.69) is 31.8 Å². The Morgan fingerprint density at radius 2 is 2.14 bits per heavy atom. The van der Waals surface area contributed by atoms with E-state index in [4.69, 9.17) is 4.74 Å². The number of amides is 1. The SMILES string of the molecule is CCOC(=O)c1nn(-c2cccc(C#C[C@]3(O)CCN(C)C3=O)c2)c2c1CN(c1ccncn1)CC2. The Morgan fingerprint density at radius 1 is 1.28 bits per heavy atom. The Morgan fingerprint density at radius 3 is 2.86 bits per heavy atom. The van der Waals surface area contributed by atoms with E-state index in [1.165, 1.54) is 11.2 Å². The van der Waals surface area contributed by atoms with Gasteiger partial charge in [0.2, 0.25) is 5.60 Å². The monoisotopic (exact) mass is 486 g/mol. The van der Waals surface area contributed by atoms with E-state index in [1.807, 2.05) is 30.3 Å². The number of fused-ring (bicyclic) bond motifs is 1. The predicted molar refractivity (Wildman–Crippen MR) is 130 cm³/mol. The smallest absolute Gasteiger partial charge is 0.359 e. The van der Waals surface area contributed by atoms with Crippen LogP contribution in [0.25, 0.3) is 5.69 Å². The van der Waals surface area contributed by atoms with Crippen molar-refractivity contribution in [3.05, 3.63) is 65.4 Å². The molecule has 1 atom stereocenters. The highest BCUT2D eigenvalue weighted by Crippen LogP contribution is 2.28. The highest BCUT2D eigenvalue weighted by Gasteiger charge is 2.42. The molecule has 4 heterocycles. The van der Waals surface area contributed by atoms with Crippen LogP contribution in [0.5, 0.6) is 0 Å². The molecule has 184 valence electrons. The zero-order valence-electron chi connectivity index (χ0n) is 20.1. The van der Waals surface area contributed by atoms with E-state index in [-0.39, 0.29) is 24.6 Å². The van der Waals surface area contributed by atoms with Crippen LogP contribution >= 0.6 is 0 Å². The summed E-state index contributed by atoms with van der Waals surface area (Å²) in [6.07, 6.45) is 4.10. The molecular formula is C26H26N6O4. The number of likely N-dealkylation sites (N-methyl/N-ethyl adjacent to an activating group) is 1. The Labute approximate surface area is 208 Å². The standard InChI is InChI=1S/C26H26N6O4/c1-3-36-24(33)23-20-16-31(22-8-12-27-17-28-22)13-9-21(20)32(29-23)19-6-4-5-18(15-19)7-10-26(35)11-14-30(2)25(26)34/h4-6,8,12,15,17,35H,3,9,11,13-14,16H2,1-2H3/t26-/m0/s1. The lowest BCUT2D eigenvalue weighted by molar-refractivity contribution is -0.137. The van der Waals surface area contributed by atoms with E-state index in [9.17, 15) is 14.7 Å². The number of hydrogen-bond acceptors (Lipinski definition) is 8. The number of likely N-dealkylation sites (tertiary alicyclic amines) is 1. The summed E-state index contributed by atoms with van der Waals surface area (Å²) < 4.78 is 7.05. The van der Waals surface area contributed by atoms with Crippen molar-refractivity contribution < 1.29 is 19.4 Å². The molecule has 0 radical (unpaired) electrons. The average molecular weight is 487 g/mol. The second-order valence-electron chi connectivity index (χ2n) is 8.78. The fourth-order valence-electron chi connectivity index (χ4n) is 4.52. The summed E-state index contributed by atoms with van der Waals surface area (Å²) in [4.78, 5) is 36.9. The van der Waals surface area contributed by atoms with Gasteiger partial charge in [-0.1, -0.05) is 17.9 Å². The van der Waals surface area contributed by atoms with Crippen LogP contribution in [0.2, 0.25) is 0 Å². The van der Waals surface area contributed by atoms with E-state index >= 15 is 0 Å². The lowest BCUT2D eigenvalue weighted by Gasteiger charge is -2.28. The van der Waals surface area contributed by atoms with Gasteiger partial charge in [0, 0.05) is 56.8 Å². The van der Waals surface area contributed by atoms with Crippen LogP contribution in [0.3, 0.4) is 0 Å². The van der Waals surface area contributed by atoms with Crippen LogP contribution in [0, 0.1) is 11.8 Å². The van der Waals surface area contributed by atoms with Crippen LogP contribution < -0.4 is 4.90 Å². The first-order valence-electron chi connectivity index (χ1n) is 11.8. The lowest BCUT2D eigenvalue weighted by Crippen LogP contribution is -2.37. The number of nitrogens with zero attached hydrogens (tertiary/aromatic N) is 6. The number of carbonyl (C=O) groups is 2. The van der Waals surface area contributed by atoms with Crippen LogP contribution in [0.15, 0.2) is 42.9 Å². The molecule has 1 fully saturated rings. The van der Waals surface area contributed by atoms with Gasteiger partial charge in [0.15, 0.2) is 5.69 Å². The highest BCUT2D eigenvalue weighted by molar-refractivity contribution is 5.91. The molecule has 2 aliphatic rings. The second kappa shape index (κ2) is 9.43. The van der Waals surface area contributed by atoms with E-state index < -0.39 is 11.6 Å². The van der Waals surface area contributed by atoms with E-state index in [0.717, 1.165) is 22.8 Å². The quantitative estimate of drug-likeness (QED) is 0.434. The molecule has 1 N–H and O–H groups in total. The van der Waals surface area contributed by atoms with Gasteiger partial charge in [-0.25, -0.2) is 19.4 Å². The summed E-state index contributed by atoms with van der Waals surface area (Å²) in [6.45, 7) is 3.63. The molecule has 10 heteroatoms. The third kappa shape index (κ3) is 4.29. The minimum absolute atomic E-state index is 0.248. The number of hydrogen-bond donors (Lipinski definition) is 1. The lowest BCUT2D eigenvalue weighted by atomic mass is 10.0. The first-order valence-corrected chi connectivity index (χ1v) is 11.8. The predicted octanol–water partition coefficient (Wildman–Crippen LogP) is 1.35. The number of rotatable bonds is 4. The second-order valence-corrected chi connectivity index (χ2v) is 8.78. The van der Waals surface area contributed by atoms with Crippen LogP contribution in [0.1, 0.15) is 40.7 Å². The molecule has 0 unspecified atom stereocenters. The van der Waals surface area contributed by atoms with Gasteiger partial charge in [0.1, 0.15) is 12.1 Å². The minimum atomic E-state index is -1.67. The maximum absolute atomic E-state index is 12.8. The number of anilines is 1. The molecule has 2 aliphatic heterocycles. The molecule has 1 amide bonds. The maximum atomic E-state index is 12.8. The molecule has 0 spiro atoms. The van der Waals surface area contributed by atoms with Crippen LogP contribution in [0.4, 0.5) is 5.82 Å². The Hall–Kier alpha value is -4.23. The number of esters is 1. The molecule has 10 nitrogen and oxygen atoms in total. The summed E-state index contributed by atoms with van der Waals surface area (Å²) in [7, 11) is 1.65. The van der Waals surface area contributed by atoms with Crippen molar-refractivity contribution >= 4 is 17.7 Å². The minimum Gasteiger partial charge on any atom is -0.461 e. The molecule has 0 saturated carbocycles. The zero-order chi connectivity index (χ0) is 25.3. The summed E-state index contributed by atoms with van der Waals surface area (Å²) in [5.41, 5.74) is 1.67. The molecule has 36 heavy (non-hydrogen) atoms. The van der Waals surface area contributed by atoms with Gasteiger partial charge in [-0.05, 0) is 31.2 Å². The topological polar surface area (TPSA) is 114 Å². The van der Waals surface area contributed by atoms with E-state index in [0.29, 0.717) is 31.6 Å². The van der Waals surface area contributed by atoms with Crippen molar-refractivity contribution in [2.45, 2.75) is 31.9 Å². The third-order valence-corrected chi connectivity index (χ3v) is 6.43. The molecule has 0 aliphatic carbocycles. The van der Waals surface area contributed by atoms with Crippen molar-refractivity contribution in [1.82, 2.24) is 24.6 Å². The molecule has 2 aromatic heterocycles. The van der Waals surface area contributed by atoms with Crippen molar-refractivity contribution in [1.29, 1.82) is 0 Å². The molecule has 3 aromatic rings. The van der Waals surface area contributed by atoms with Crippen molar-refractivity contribution in [3.63, 3.8) is 0 Å². The first kappa shape index (κ1) is 23.5. The van der Waals surface area contributed by atoms with Gasteiger partial charge < -0.3 is 19.6 Å². The summed E-state index contributed by atoms with van der Waals surface area (Å²) in [5.74, 6) is 5.61. The molecule has 1 saturated heterocycles. The number of aliphatic hydroxyl groups is 1. The fourth-order valence-corrected chi connectivity index (χ4v) is 4.52. The van der Waals surface area contributed by atoms with Gasteiger partial charge in [0.05, 0.1) is 18.0 Å². The van der Waals surface area contributed by atoms with Crippen molar-refractivity contribution in [3.8, 4) is 17.5 Å².